The van der Waals surface area contributed by atoms with Crippen LogP contribution in [0.2, 0.25) is 10.0 Å². The quantitative estimate of drug-likeness (QED) is 0.845. The van der Waals surface area contributed by atoms with Gasteiger partial charge in [-0.2, -0.15) is 0 Å². The van der Waals surface area contributed by atoms with E-state index >= 15 is 0 Å². The minimum Gasteiger partial charge on any atom is -0.207 e. The summed E-state index contributed by atoms with van der Waals surface area (Å²) in [5.41, 5.74) is 4.07. The Balaban J connectivity index is 2.39. The second-order valence-electron chi connectivity index (χ2n) is 5.65. The molecule has 2 rings (SSSR count). The van der Waals surface area contributed by atoms with Crippen LogP contribution in [0.3, 0.4) is 0 Å². The van der Waals surface area contributed by atoms with Crippen LogP contribution in [0, 0.1) is 27.7 Å². The Kier molecular flexibility index (Phi) is 5.41. The monoisotopic (exact) mass is 371 g/mol. The highest BCUT2D eigenvalue weighted by Crippen LogP contribution is 2.27. The van der Waals surface area contributed by atoms with E-state index in [1.807, 2.05) is 33.8 Å². The van der Waals surface area contributed by atoms with E-state index in [9.17, 15) is 8.42 Å². The van der Waals surface area contributed by atoms with E-state index in [1.54, 1.807) is 18.2 Å². The molecule has 0 saturated carbocycles. The van der Waals surface area contributed by atoms with Crippen molar-refractivity contribution in [1.29, 1.82) is 0 Å². The van der Waals surface area contributed by atoms with E-state index in [-0.39, 0.29) is 6.54 Å². The van der Waals surface area contributed by atoms with Gasteiger partial charge in [0.2, 0.25) is 10.0 Å². The topological polar surface area (TPSA) is 46.2 Å². The van der Waals surface area contributed by atoms with E-state index in [1.165, 1.54) is 0 Å². The number of halogens is 2. The van der Waals surface area contributed by atoms with Crippen LogP contribution in [-0.4, -0.2) is 8.42 Å². The van der Waals surface area contributed by atoms with Gasteiger partial charge in [-0.1, -0.05) is 29.3 Å². The van der Waals surface area contributed by atoms with E-state index in [2.05, 4.69) is 4.72 Å². The number of hydrogen-bond donors (Lipinski definition) is 1. The standard InChI is InChI=1S/C17H19Cl2NO2S/c1-10-7-11(2)13(4)17(12(10)3)23(21,22)20-9-14-8-15(18)5-6-16(14)19/h5-8,20H,9H2,1-4H3. The molecule has 0 aliphatic carbocycles. The van der Waals surface area contributed by atoms with Crippen molar-refractivity contribution in [3.05, 3.63) is 62.1 Å². The number of benzene rings is 2. The average molecular weight is 372 g/mol. The summed E-state index contributed by atoms with van der Waals surface area (Å²) in [4.78, 5) is 0.341. The van der Waals surface area contributed by atoms with Gasteiger partial charge in [-0.15, -0.1) is 0 Å². The van der Waals surface area contributed by atoms with Gasteiger partial charge in [-0.25, -0.2) is 13.1 Å². The highest BCUT2D eigenvalue weighted by Gasteiger charge is 2.22. The molecule has 0 heterocycles. The third kappa shape index (κ3) is 3.89. The van der Waals surface area contributed by atoms with Gasteiger partial charge in [0.1, 0.15) is 0 Å². The Hall–Kier alpha value is -1.07. The molecule has 0 aliphatic rings. The van der Waals surface area contributed by atoms with Crippen LogP contribution in [0.15, 0.2) is 29.2 Å². The molecular formula is C17H19Cl2NO2S. The second kappa shape index (κ2) is 6.81. The van der Waals surface area contributed by atoms with Crippen molar-refractivity contribution in [3.63, 3.8) is 0 Å². The van der Waals surface area contributed by atoms with Crippen LogP contribution in [0.25, 0.3) is 0 Å². The lowest BCUT2D eigenvalue weighted by molar-refractivity contribution is 0.579. The maximum Gasteiger partial charge on any atom is 0.241 e. The molecule has 124 valence electrons. The first-order chi connectivity index (χ1) is 10.6. The van der Waals surface area contributed by atoms with Gasteiger partial charge in [0.25, 0.3) is 0 Å². The van der Waals surface area contributed by atoms with Crippen molar-refractivity contribution in [1.82, 2.24) is 4.72 Å². The second-order valence-corrected chi connectivity index (χ2v) is 8.20. The summed E-state index contributed by atoms with van der Waals surface area (Å²) in [6.07, 6.45) is 0. The van der Waals surface area contributed by atoms with Gasteiger partial charge in [0, 0.05) is 16.6 Å². The molecule has 0 saturated heterocycles. The Morgan fingerprint density at radius 3 is 2.09 bits per heavy atom. The molecule has 0 bridgehead atoms. The number of rotatable bonds is 4. The van der Waals surface area contributed by atoms with Gasteiger partial charge >= 0.3 is 0 Å². The normalized spacial score (nSPS) is 11.7. The van der Waals surface area contributed by atoms with E-state index in [0.29, 0.717) is 20.5 Å². The lowest BCUT2D eigenvalue weighted by atomic mass is 10.0. The summed E-state index contributed by atoms with van der Waals surface area (Å²) < 4.78 is 28.1. The Labute approximate surface area is 147 Å². The van der Waals surface area contributed by atoms with Gasteiger partial charge in [-0.05, 0) is 73.7 Å². The minimum absolute atomic E-state index is 0.0909. The maximum atomic E-state index is 12.8. The lowest BCUT2D eigenvalue weighted by Gasteiger charge is -2.16. The fraction of sp³-hybridized carbons (Fsp3) is 0.294. The maximum absolute atomic E-state index is 12.8. The lowest BCUT2D eigenvalue weighted by Crippen LogP contribution is -2.25. The molecule has 6 heteroatoms. The van der Waals surface area contributed by atoms with Crippen molar-refractivity contribution in [2.24, 2.45) is 0 Å². The summed E-state index contributed by atoms with van der Waals surface area (Å²) >= 11 is 12.0. The molecule has 0 radical (unpaired) electrons. The Bertz CT molecular complexity index is 835. The average Bonchev–Trinajstić information content (AvgIpc) is 2.46. The van der Waals surface area contributed by atoms with Gasteiger partial charge in [-0.3, -0.25) is 0 Å². The van der Waals surface area contributed by atoms with Crippen molar-refractivity contribution < 1.29 is 8.42 Å². The molecule has 0 aliphatic heterocycles. The molecule has 3 nitrogen and oxygen atoms in total. The summed E-state index contributed by atoms with van der Waals surface area (Å²) in [6, 6.07) is 6.98. The van der Waals surface area contributed by atoms with Crippen molar-refractivity contribution in [2.45, 2.75) is 39.1 Å². The third-order valence-corrected chi connectivity index (χ3v) is 6.30. The smallest absolute Gasteiger partial charge is 0.207 e. The molecule has 2 aromatic carbocycles. The number of hydrogen-bond acceptors (Lipinski definition) is 2. The van der Waals surface area contributed by atoms with Crippen molar-refractivity contribution in [3.8, 4) is 0 Å². The SMILES string of the molecule is Cc1cc(C)c(C)c(S(=O)(=O)NCc2cc(Cl)ccc2Cl)c1C. The first-order valence-electron chi connectivity index (χ1n) is 7.14. The van der Waals surface area contributed by atoms with Gasteiger partial charge in [0.05, 0.1) is 4.90 Å². The fourth-order valence-corrected chi connectivity index (χ4v) is 4.50. The molecular weight excluding hydrogens is 353 g/mol. The van der Waals surface area contributed by atoms with Crippen LogP contribution >= 0.6 is 23.2 Å². The zero-order valence-corrected chi connectivity index (χ0v) is 15.8. The zero-order chi connectivity index (χ0) is 17.4. The molecule has 0 spiro atoms. The number of nitrogens with one attached hydrogen (secondary N) is 1. The van der Waals surface area contributed by atoms with E-state index in [4.69, 9.17) is 23.2 Å². The third-order valence-electron chi connectivity index (χ3n) is 4.03. The molecule has 0 unspecified atom stereocenters. The molecule has 23 heavy (non-hydrogen) atoms. The van der Waals surface area contributed by atoms with Crippen molar-refractivity contribution >= 4 is 33.2 Å². The minimum atomic E-state index is -3.65. The Morgan fingerprint density at radius 2 is 1.52 bits per heavy atom. The first-order valence-corrected chi connectivity index (χ1v) is 9.38. The molecule has 0 fully saturated rings. The van der Waals surface area contributed by atoms with E-state index < -0.39 is 10.0 Å². The number of aryl methyl sites for hydroxylation is 2. The van der Waals surface area contributed by atoms with Crippen LogP contribution in [0.1, 0.15) is 27.8 Å². The van der Waals surface area contributed by atoms with Crippen LogP contribution in [0.5, 0.6) is 0 Å². The summed E-state index contributed by atoms with van der Waals surface area (Å²) in [6.45, 7) is 7.56. The molecule has 0 atom stereocenters. The highest BCUT2D eigenvalue weighted by atomic mass is 35.5. The molecule has 0 amide bonds. The predicted octanol–water partition coefficient (Wildman–Crippen LogP) is 4.71. The molecule has 2 aromatic rings. The van der Waals surface area contributed by atoms with Crippen LogP contribution < -0.4 is 4.72 Å². The van der Waals surface area contributed by atoms with E-state index in [0.717, 1.165) is 22.3 Å². The number of sulfonamides is 1. The molecule has 1 N–H and O–H groups in total. The summed E-state index contributed by atoms with van der Waals surface area (Å²) in [7, 11) is -3.65. The highest BCUT2D eigenvalue weighted by molar-refractivity contribution is 7.89. The van der Waals surface area contributed by atoms with Gasteiger partial charge < -0.3 is 0 Å². The Morgan fingerprint density at radius 1 is 0.957 bits per heavy atom. The van der Waals surface area contributed by atoms with Gasteiger partial charge in [0.15, 0.2) is 0 Å². The fourth-order valence-electron chi connectivity index (χ4n) is 2.51. The van der Waals surface area contributed by atoms with Crippen LogP contribution in [-0.2, 0) is 16.6 Å². The molecule has 0 aromatic heterocycles. The zero-order valence-electron chi connectivity index (χ0n) is 13.5. The van der Waals surface area contributed by atoms with Crippen LogP contribution in [0.4, 0.5) is 0 Å². The predicted molar refractivity (Wildman–Crippen MR) is 95.9 cm³/mol. The largest absolute Gasteiger partial charge is 0.241 e. The summed E-state index contributed by atoms with van der Waals surface area (Å²) in [5.74, 6) is 0. The summed E-state index contributed by atoms with van der Waals surface area (Å²) in [5, 5.41) is 0.994. The van der Waals surface area contributed by atoms with Crippen molar-refractivity contribution in [2.75, 3.05) is 0 Å². The first kappa shape index (κ1) is 18.3.